The summed E-state index contributed by atoms with van der Waals surface area (Å²) in [5, 5.41) is 19.5. The van der Waals surface area contributed by atoms with Gasteiger partial charge in [0.2, 0.25) is 0 Å². The summed E-state index contributed by atoms with van der Waals surface area (Å²) in [6.45, 7) is 0.833. The summed E-state index contributed by atoms with van der Waals surface area (Å²) in [6.07, 6.45) is 6.24. The molecule has 0 aromatic carbocycles. The third kappa shape index (κ3) is 1.45. The first-order valence-electron chi connectivity index (χ1n) is 5.91. The van der Waals surface area contributed by atoms with Crippen LogP contribution < -0.4 is 0 Å². The average Bonchev–Trinajstić information content (AvgIpc) is 3.03. The molecular weight excluding hydrogens is 192 g/mol. The van der Waals surface area contributed by atoms with Gasteiger partial charge in [-0.15, -0.1) is 0 Å². The van der Waals surface area contributed by atoms with Gasteiger partial charge in [-0.2, -0.15) is 0 Å². The minimum atomic E-state index is -0.662. The summed E-state index contributed by atoms with van der Waals surface area (Å²) in [7, 11) is 0. The van der Waals surface area contributed by atoms with Crippen LogP contribution >= 0.6 is 0 Å². The fourth-order valence-electron chi connectivity index (χ4n) is 3.33. The van der Waals surface area contributed by atoms with Gasteiger partial charge in [-0.25, -0.2) is 0 Å². The number of epoxide rings is 1. The van der Waals surface area contributed by atoms with E-state index in [0.29, 0.717) is 12.5 Å². The molecule has 3 rings (SSSR count). The van der Waals surface area contributed by atoms with Crippen LogP contribution in [0.4, 0.5) is 0 Å². The number of aliphatic hydroxyl groups excluding tert-OH is 2. The lowest BCUT2D eigenvalue weighted by Gasteiger charge is -2.44. The summed E-state index contributed by atoms with van der Waals surface area (Å²) < 4.78 is 5.46. The summed E-state index contributed by atoms with van der Waals surface area (Å²) in [4.78, 5) is 0. The van der Waals surface area contributed by atoms with Crippen LogP contribution in [0.3, 0.4) is 0 Å². The van der Waals surface area contributed by atoms with Crippen molar-refractivity contribution in [2.24, 2.45) is 5.41 Å². The predicted octanol–water partition coefficient (Wildman–Crippen LogP) is 0.998. The Morgan fingerprint density at radius 3 is 2.87 bits per heavy atom. The SMILES string of the molecule is OC1C=C2CCCCC2(C2CO2)CC1O. The highest BCUT2D eigenvalue weighted by atomic mass is 16.6. The second-order valence-electron chi connectivity index (χ2n) is 5.14. The third-order valence-electron chi connectivity index (χ3n) is 4.25. The quantitative estimate of drug-likeness (QED) is 0.501. The maximum atomic E-state index is 9.81. The number of aliphatic hydroxyl groups is 2. The van der Waals surface area contributed by atoms with Crippen LogP contribution in [0.25, 0.3) is 0 Å². The standard InChI is InChI=1S/C12H18O3/c13-9-5-8-3-1-2-4-12(8,6-10(9)14)11-7-15-11/h5,9-11,13-14H,1-4,6-7H2. The molecule has 0 amide bonds. The van der Waals surface area contributed by atoms with Crippen LogP contribution in [0.2, 0.25) is 0 Å². The van der Waals surface area contributed by atoms with Crippen molar-refractivity contribution in [3.05, 3.63) is 11.6 Å². The molecule has 1 saturated carbocycles. The van der Waals surface area contributed by atoms with Gasteiger partial charge < -0.3 is 14.9 Å². The number of rotatable bonds is 1. The van der Waals surface area contributed by atoms with Crippen LogP contribution in [-0.2, 0) is 4.74 Å². The molecule has 2 N–H and O–H groups in total. The van der Waals surface area contributed by atoms with Gasteiger partial charge in [0.15, 0.2) is 0 Å². The van der Waals surface area contributed by atoms with Gasteiger partial charge in [0, 0.05) is 5.41 Å². The molecule has 3 nitrogen and oxygen atoms in total. The van der Waals surface area contributed by atoms with E-state index < -0.39 is 12.2 Å². The number of ether oxygens (including phenoxy) is 1. The molecule has 4 atom stereocenters. The lowest BCUT2D eigenvalue weighted by molar-refractivity contribution is -0.00851. The summed E-state index contributed by atoms with van der Waals surface area (Å²) in [6, 6.07) is 0. The molecule has 2 aliphatic carbocycles. The molecule has 15 heavy (non-hydrogen) atoms. The Labute approximate surface area is 89.7 Å². The van der Waals surface area contributed by atoms with E-state index in [1.807, 2.05) is 6.08 Å². The van der Waals surface area contributed by atoms with Gasteiger partial charge >= 0.3 is 0 Å². The minimum Gasteiger partial charge on any atom is -0.390 e. The van der Waals surface area contributed by atoms with Crippen molar-refractivity contribution in [1.82, 2.24) is 0 Å². The van der Waals surface area contributed by atoms with Crippen molar-refractivity contribution in [3.8, 4) is 0 Å². The van der Waals surface area contributed by atoms with Crippen molar-refractivity contribution in [2.75, 3.05) is 6.61 Å². The maximum absolute atomic E-state index is 9.81. The molecule has 0 radical (unpaired) electrons. The van der Waals surface area contributed by atoms with E-state index in [4.69, 9.17) is 4.74 Å². The molecule has 0 aromatic rings. The highest BCUT2D eigenvalue weighted by Crippen LogP contribution is 2.53. The van der Waals surface area contributed by atoms with Crippen LogP contribution in [-0.4, -0.2) is 35.1 Å². The third-order valence-corrected chi connectivity index (χ3v) is 4.25. The van der Waals surface area contributed by atoms with Gasteiger partial charge in [0.1, 0.15) is 0 Å². The van der Waals surface area contributed by atoms with Crippen molar-refractivity contribution < 1.29 is 14.9 Å². The predicted molar refractivity (Wildman–Crippen MR) is 55.4 cm³/mol. The molecule has 0 aromatic heterocycles. The van der Waals surface area contributed by atoms with Gasteiger partial charge in [-0.1, -0.05) is 18.1 Å². The lowest BCUT2D eigenvalue weighted by atomic mass is 9.62. The molecule has 1 heterocycles. The van der Waals surface area contributed by atoms with Crippen molar-refractivity contribution in [1.29, 1.82) is 0 Å². The Morgan fingerprint density at radius 1 is 1.33 bits per heavy atom. The first-order valence-corrected chi connectivity index (χ1v) is 5.91. The topological polar surface area (TPSA) is 53.0 Å². The van der Waals surface area contributed by atoms with Crippen LogP contribution in [0, 0.1) is 5.41 Å². The molecule has 3 heteroatoms. The largest absolute Gasteiger partial charge is 0.390 e. The maximum Gasteiger partial charge on any atom is 0.0983 e. The first-order chi connectivity index (χ1) is 7.22. The monoisotopic (exact) mass is 210 g/mol. The zero-order chi connectivity index (χ0) is 10.5. The number of hydrogen-bond donors (Lipinski definition) is 2. The molecule has 84 valence electrons. The van der Waals surface area contributed by atoms with E-state index in [1.165, 1.54) is 18.4 Å². The van der Waals surface area contributed by atoms with E-state index in [0.717, 1.165) is 19.4 Å². The molecular formula is C12H18O3. The molecule has 2 fully saturated rings. The molecule has 0 bridgehead atoms. The Hall–Kier alpha value is -0.380. The van der Waals surface area contributed by atoms with E-state index in [1.54, 1.807) is 0 Å². The Balaban J connectivity index is 1.96. The molecule has 0 spiro atoms. The minimum absolute atomic E-state index is 0.0664. The zero-order valence-corrected chi connectivity index (χ0v) is 8.85. The normalized spacial score (nSPS) is 49.5. The smallest absolute Gasteiger partial charge is 0.0983 e. The second kappa shape index (κ2) is 3.30. The molecule has 1 aliphatic heterocycles. The van der Waals surface area contributed by atoms with Gasteiger partial charge in [0.05, 0.1) is 24.9 Å². The van der Waals surface area contributed by atoms with Crippen LogP contribution in [0.15, 0.2) is 11.6 Å². The molecule has 3 aliphatic rings. The number of hydrogen-bond acceptors (Lipinski definition) is 3. The number of fused-ring (bicyclic) bond motifs is 1. The second-order valence-corrected chi connectivity index (χ2v) is 5.14. The van der Waals surface area contributed by atoms with Crippen molar-refractivity contribution in [2.45, 2.75) is 50.4 Å². The van der Waals surface area contributed by atoms with E-state index in [2.05, 4.69) is 0 Å². The summed E-state index contributed by atoms with van der Waals surface area (Å²) in [5.74, 6) is 0. The summed E-state index contributed by atoms with van der Waals surface area (Å²) >= 11 is 0. The zero-order valence-electron chi connectivity index (χ0n) is 8.85. The highest BCUT2D eigenvalue weighted by Gasteiger charge is 2.53. The Morgan fingerprint density at radius 2 is 2.13 bits per heavy atom. The average molecular weight is 210 g/mol. The van der Waals surface area contributed by atoms with E-state index in [9.17, 15) is 10.2 Å². The van der Waals surface area contributed by atoms with Gasteiger partial charge in [-0.3, -0.25) is 0 Å². The summed E-state index contributed by atoms with van der Waals surface area (Å²) in [5.41, 5.74) is 1.41. The van der Waals surface area contributed by atoms with E-state index in [-0.39, 0.29) is 5.41 Å². The fraction of sp³-hybridized carbons (Fsp3) is 0.833. The van der Waals surface area contributed by atoms with Gasteiger partial charge in [-0.05, 0) is 25.7 Å². The van der Waals surface area contributed by atoms with Crippen LogP contribution in [0.5, 0.6) is 0 Å². The van der Waals surface area contributed by atoms with Crippen molar-refractivity contribution in [3.63, 3.8) is 0 Å². The van der Waals surface area contributed by atoms with Crippen molar-refractivity contribution >= 4 is 0 Å². The highest BCUT2D eigenvalue weighted by molar-refractivity contribution is 5.27. The first kappa shape index (κ1) is 9.82. The Bertz CT molecular complexity index is 295. The molecule has 1 saturated heterocycles. The fourth-order valence-corrected chi connectivity index (χ4v) is 3.33. The molecule has 4 unspecified atom stereocenters. The van der Waals surface area contributed by atoms with Gasteiger partial charge in [0.25, 0.3) is 0 Å². The van der Waals surface area contributed by atoms with E-state index >= 15 is 0 Å². The lowest BCUT2D eigenvalue weighted by Crippen LogP contribution is -2.44. The van der Waals surface area contributed by atoms with Crippen LogP contribution in [0.1, 0.15) is 32.1 Å². The Kier molecular flexibility index (Phi) is 2.16.